The van der Waals surface area contributed by atoms with Crippen LogP contribution in [0.4, 0.5) is 0 Å². The van der Waals surface area contributed by atoms with Crippen molar-refractivity contribution in [2.24, 2.45) is 29.6 Å². The zero-order valence-electron chi connectivity index (χ0n) is 34.2. The van der Waals surface area contributed by atoms with Gasteiger partial charge in [0.2, 0.25) is 0 Å². The first-order valence-corrected chi connectivity index (χ1v) is 19.2. The van der Waals surface area contributed by atoms with E-state index in [-0.39, 0.29) is 30.8 Å². The molecule has 0 amide bonds. The lowest BCUT2D eigenvalue weighted by atomic mass is 9.69. The lowest BCUT2D eigenvalue weighted by Crippen LogP contribution is -2.60. The molecule has 0 saturated carbocycles. The molecule has 3 heterocycles. The van der Waals surface area contributed by atoms with E-state index in [0.29, 0.717) is 19.3 Å². The first kappa shape index (κ1) is 45.1. The van der Waals surface area contributed by atoms with Crippen molar-refractivity contribution in [1.29, 1.82) is 0 Å². The molecule has 18 atom stereocenters. The molecule has 0 aliphatic carbocycles. The maximum atomic E-state index is 14.3. The topological polar surface area (TPSA) is 174 Å². The number of hydrogen-bond acceptors (Lipinski definition) is 13. The minimum Gasteiger partial charge on any atom is -0.459 e. The summed E-state index contributed by atoms with van der Waals surface area (Å²) in [5.41, 5.74) is -4.00. The van der Waals surface area contributed by atoms with Gasteiger partial charge in [0, 0.05) is 38.5 Å². The fraction of sp³-hybridized carbons (Fsp3) is 0.949. The molecular formula is C39H71NO12. The van der Waals surface area contributed by atoms with E-state index in [4.69, 9.17) is 28.4 Å². The van der Waals surface area contributed by atoms with Gasteiger partial charge in [0.05, 0.1) is 47.6 Å². The molecule has 0 aromatic carbocycles. The van der Waals surface area contributed by atoms with Crippen LogP contribution in [0.5, 0.6) is 0 Å². The minimum atomic E-state index is -1.92. The molecule has 0 spiro atoms. The van der Waals surface area contributed by atoms with E-state index in [1.165, 1.54) is 6.92 Å². The summed E-state index contributed by atoms with van der Waals surface area (Å²) in [6, 6.07) is -0.252. The zero-order chi connectivity index (χ0) is 39.7. The molecule has 3 saturated heterocycles. The molecule has 13 nitrogen and oxygen atoms in total. The van der Waals surface area contributed by atoms with E-state index in [1.807, 2.05) is 46.7 Å². The van der Waals surface area contributed by atoms with E-state index in [2.05, 4.69) is 0 Å². The maximum absolute atomic E-state index is 14.3. The summed E-state index contributed by atoms with van der Waals surface area (Å²) in [5, 5.41) is 45.7. The molecule has 304 valence electrons. The number of aliphatic hydroxyl groups excluding tert-OH is 3. The van der Waals surface area contributed by atoms with Gasteiger partial charge in [-0.15, -0.1) is 0 Å². The standard InChI is InChI=1S/C39H71NO12/c1-15-29-39(10,46)32(43)24(6)30(41)20(2)18-38(9,48-14)34(52-36-31(42)28(40(11)12)16-21(3)49-36)22(4)27(23(5)35(45)51-29)17-26-19-37(8,47-13)33(44)25(7)50-26/h20-29,31-34,36,42-44,46H,15-19H2,1-14H3. The predicted molar refractivity (Wildman–Crippen MR) is 194 cm³/mol. The first-order valence-electron chi connectivity index (χ1n) is 19.2. The number of likely N-dealkylation sites (N-methyl/N-ethyl adjacent to an activating group) is 1. The van der Waals surface area contributed by atoms with Crippen molar-refractivity contribution in [3.63, 3.8) is 0 Å². The normalized spacial score (nSPS) is 49.0. The summed E-state index contributed by atoms with van der Waals surface area (Å²) >= 11 is 0. The summed E-state index contributed by atoms with van der Waals surface area (Å²) in [6.45, 7) is 17.7. The number of aliphatic hydroxyl groups is 4. The van der Waals surface area contributed by atoms with E-state index >= 15 is 0 Å². The van der Waals surface area contributed by atoms with Crippen LogP contribution in [0, 0.1) is 29.6 Å². The van der Waals surface area contributed by atoms with Crippen molar-refractivity contribution in [3.05, 3.63) is 0 Å². The van der Waals surface area contributed by atoms with Crippen LogP contribution in [0.2, 0.25) is 0 Å². The number of hydrogen-bond donors (Lipinski definition) is 4. The van der Waals surface area contributed by atoms with Gasteiger partial charge in [-0.25, -0.2) is 0 Å². The number of ether oxygens (including phenoxy) is 6. The average molecular weight is 746 g/mol. The maximum Gasteiger partial charge on any atom is 0.309 e. The lowest BCUT2D eigenvalue weighted by Gasteiger charge is -2.50. The van der Waals surface area contributed by atoms with Gasteiger partial charge >= 0.3 is 5.97 Å². The minimum absolute atomic E-state index is 0.166. The number of carbonyl (C=O) groups excluding carboxylic acids is 2. The molecule has 18 unspecified atom stereocenters. The highest BCUT2D eigenvalue weighted by atomic mass is 16.7. The smallest absolute Gasteiger partial charge is 0.309 e. The molecule has 3 aliphatic heterocycles. The number of esters is 1. The van der Waals surface area contributed by atoms with Gasteiger partial charge in [-0.1, -0.05) is 34.6 Å². The number of rotatable bonds is 8. The Kier molecular flexibility index (Phi) is 15.3. The van der Waals surface area contributed by atoms with Gasteiger partial charge in [-0.3, -0.25) is 9.59 Å². The Balaban J connectivity index is 2.22. The van der Waals surface area contributed by atoms with E-state index in [9.17, 15) is 30.0 Å². The quantitative estimate of drug-likeness (QED) is 0.267. The highest BCUT2D eigenvalue weighted by Crippen LogP contribution is 2.44. The number of cyclic esters (lactones) is 1. The monoisotopic (exact) mass is 745 g/mol. The first-order chi connectivity index (χ1) is 24.0. The molecule has 0 radical (unpaired) electrons. The molecular weight excluding hydrogens is 674 g/mol. The second kappa shape index (κ2) is 17.7. The van der Waals surface area contributed by atoms with E-state index in [0.717, 1.165) is 0 Å². The number of carbonyl (C=O) groups is 2. The van der Waals surface area contributed by atoms with Gasteiger partial charge in [0.25, 0.3) is 0 Å². The Morgan fingerprint density at radius 3 is 2.00 bits per heavy atom. The molecule has 52 heavy (non-hydrogen) atoms. The van der Waals surface area contributed by atoms with E-state index < -0.39 is 101 Å². The second-order valence-corrected chi connectivity index (χ2v) is 17.1. The van der Waals surface area contributed by atoms with Crippen LogP contribution in [-0.4, -0.2) is 143 Å². The Labute approximate surface area is 312 Å². The summed E-state index contributed by atoms with van der Waals surface area (Å²) < 4.78 is 37.7. The third kappa shape index (κ3) is 9.39. The van der Waals surface area contributed by atoms with Crippen molar-refractivity contribution in [1.82, 2.24) is 4.90 Å². The van der Waals surface area contributed by atoms with Crippen molar-refractivity contribution in [2.75, 3.05) is 28.3 Å². The van der Waals surface area contributed by atoms with Gasteiger partial charge < -0.3 is 53.7 Å². The van der Waals surface area contributed by atoms with Crippen LogP contribution in [0.25, 0.3) is 0 Å². The van der Waals surface area contributed by atoms with Crippen molar-refractivity contribution in [2.45, 2.75) is 179 Å². The lowest BCUT2D eigenvalue weighted by molar-refractivity contribution is -0.300. The molecule has 0 aromatic rings. The fourth-order valence-corrected chi connectivity index (χ4v) is 9.23. The number of Topliss-reactive ketones (excluding diaryl/α,β-unsaturated/α-hetero) is 1. The second-order valence-electron chi connectivity index (χ2n) is 17.1. The molecule has 0 aromatic heterocycles. The van der Waals surface area contributed by atoms with Crippen molar-refractivity contribution in [3.8, 4) is 0 Å². The molecule has 4 N–H and O–H groups in total. The molecule has 0 bridgehead atoms. The van der Waals surface area contributed by atoms with Crippen LogP contribution in [-0.2, 0) is 38.0 Å². The summed E-state index contributed by atoms with van der Waals surface area (Å²) in [6.07, 6.45) is -6.00. The SMILES string of the molecule is CCC1OC(=O)C(C)C(CC2CC(C)(OC)C(O)C(C)O2)C(C)C(OC2OC(C)CC(N(C)C)C2O)C(C)(OC)CC(C)C(=O)C(C)C(O)C1(C)O. The zero-order valence-corrected chi connectivity index (χ0v) is 34.2. The number of nitrogens with zero attached hydrogens (tertiary/aromatic N) is 1. The van der Waals surface area contributed by atoms with Crippen molar-refractivity contribution < 1.29 is 58.4 Å². The van der Waals surface area contributed by atoms with Gasteiger partial charge in [-0.05, 0) is 86.2 Å². The van der Waals surface area contributed by atoms with Gasteiger partial charge in [0.1, 0.15) is 29.7 Å². The highest BCUT2D eigenvalue weighted by molar-refractivity contribution is 5.83. The highest BCUT2D eigenvalue weighted by Gasteiger charge is 2.53. The third-order valence-electron chi connectivity index (χ3n) is 12.9. The summed E-state index contributed by atoms with van der Waals surface area (Å²) in [4.78, 5) is 30.2. The number of methoxy groups -OCH3 is 2. The average Bonchev–Trinajstić information content (AvgIpc) is 3.09. The molecule has 3 fully saturated rings. The van der Waals surface area contributed by atoms with Crippen LogP contribution in [0.15, 0.2) is 0 Å². The van der Waals surface area contributed by atoms with Gasteiger partial charge in [-0.2, -0.15) is 0 Å². The molecule has 3 rings (SSSR count). The van der Waals surface area contributed by atoms with Crippen molar-refractivity contribution >= 4 is 11.8 Å². The Hall–Kier alpha value is -1.26. The van der Waals surface area contributed by atoms with Crippen LogP contribution < -0.4 is 0 Å². The number of ketones is 1. The Morgan fingerprint density at radius 2 is 1.46 bits per heavy atom. The van der Waals surface area contributed by atoms with Gasteiger partial charge in [0.15, 0.2) is 6.29 Å². The van der Waals surface area contributed by atoms with Crippen LogP contribution in [0.3, 0.4) is 0 Å². The Bertz CT molecular complexity index is 1190. The third-order valence-corrected chi connectivity index (χ3v) is 12.9. The van der Waals surface area contributed by atoms with Crippen LogP contribution in [0.1, 0.15) is 101 Å². The fourth-order valence-electron chi connectivity index (χ4n) is 9.23. The predicted octanol–water partition coefficient (Wildman–Crippen LogP) is 3.10. The summed E-state index contributed by atoms with van der Waals surface area (Å²) in [7, 11) is 6.90. The molecule has 3 aliphatic rings. The Morgan fingerprint density at radius 1 is 0.865 bits per heavy atom. The van der Waals surface area contributed by atoms with E-state index in [1.54, 1.807) is 48.8 Å². The molecule has 13 heteroatoms. The largest absolute Gasteiger partial charge is 0.459 e. The van der Waals surface area contributed by atoms with Crippen LogP contribution >= 0.6 is 0 Å². The summed E-state index contributed by atoms with van der Waals surface area (Å²) in [5.74, 6) is -4.31.